The van der Waals surface area contributed by atoms with Gasteiger partial charge < -0.3 is 16.2 Å². The van der Waals surface area contributed by atoms with Crippen molar-refractivity contribution in [2.75, 3.05) is 7.11 Å². The van der Waals surface area contributed by atoms with E-state index < -0.39 is 23.4 Å². The van der Waals surface area contributed by atoms with Crippen LogP contribution >= 0.6 is 0 Å². The Labute approximate surface area is 147 Å². The van der Waals surface area contributed by atoms with Crippen LogP contribution in [0.4, 0.5) is 0 Å². The predicted octanol–water partition coefficient (Wildman–Crippen LogP) is 1.20. The van der Waals surface area contributed by atoms with Gasteiger partial charge in [-0.2, -0.15) is 0 Å². The smallest absolute Gasteiger partial charge is 0.239 e. The number of allylic oxidation sites excluding steroid dienone is 2. The molecule has 134 valence electrons. The third-order valence-electron chi connectivity index (χ3n) is 4.36. The second kappa shape index (κ2) is 7.98. The van der Waals surface area contributed by atoms with Crippen molar-refractivity contribution < 1.29 is 14.3 Å². The van der Waals surface area contributed by atoms with Gasteiger partial charge in [0.05, 0.1) is 12.6 Å². The number of methoxy groups -OCH3 is 1. The van der Waals surface area contributed by atoms with Crippen LogP contribution < -0.4 is 21.5 Å². The molecule has 25 heavy (non-hydrogen) atoms. The van der Waals surface area contributed by atoms with Crippen molar-refractivity contribution in [3.63, 3.8) is 0 Å². The van der Waals surface area contributed by atoms with Crippen molar-refractivity contribution in [1.82, 2.24) is 5.32 Å². The van der Waals surface area contributed by atoms with Gasteiger partial charge in [0.15, 0.2) is 0 Å². The predicted molar refractivity (Wildman–Crippen MR) is 96.9 cm³/mol. The molecule has 5 N–H and O–H groups in total. The van der Waals surface area contributed by atoms with Crippen LogP contribution in [0.3, 0.4) is 0 Å². The molecule has 1 aliphatic rings. The van der Waals surface area contributed by atoms with E-state index in [1.54, 1.807) is 14.0 Å². The molecule has 2 amide bonds. The van der Waals surface area contributed by atoms with Crippen LogP contribution in [-0.2, 0) is 16.0 Å². The van der Waals surface area contributed by atoms with Crippen LogP contribution in [0.5, 0.6) is 5.75 Å². The molecular weight excluding hydrogens is 318 g/mol. The number of hydrogen-bond donors (Lipinski definition) is 3. The first-order valence-electron chi connectivity index (χ1n) is 8.22. The highest BCUT2D eigenvalue weighted by Crippen LogP contribution is 2.21. The molecule has 6 nitrogen and oxygen atoms in total. The maximum Gasteiger partial charge on any atom is 0.239 e. The third kappa shape index (κ3) is 4.70. The van der Waals surface area contributed by atoms with Crippen LogP contribution in [0.15, 0.2) is 48.1 Å². The first-order chi connectivity index (χ1) is 11.9. The standard InChI is InChI=1S/C19H25N3O3/c1-19(18(21)24,12-13-8-10-15(25-2)11-9-13)22-16(17(20)23)14-6-4-3-5-7-14/h4,6-11,16,22H,3,5,12H2,1-2H3,(H2,20,23)(H2,21,24)/t16?,19-/m1/s1. The molecule has 0 fully saturated rings. The van der Waals surface area contributed by atoms with Crippen molar-refractivity contribution >= 4 is 11.8 Å². The van der Waals surface area contributed by atoms with E-state index in [1.165, 1.54) is 0 Å². The first kappa shape index (κ1) is 18.7. The minimum Gasteiger partial charge on any atom is -0.497 e. The Bertz CT molecular complexity index is 694. The van der Waals surface area contributed by atoms with E-state index in [4.69, 9.17) is 16.2 Å². The summed E-state index contributed by atoms with van der Waals surface area (Å²) in [5, 5.41) is 3.08. The fourth-order valence-electron chi connectivity index (χ4n) is 2.85. The van der Waals surface area contributed by atoms with Gasteiger partial charge in [0.25, 0.3) is 0 Å². The largest absolute Gasteiger partial charge is 0.497 e. The van der Waals surface area contributed by atoms with Crippen molar-refractivity contribution in [3.8, 4) is 5.75 Å². The molecule has 0 radical (unpaired) electrons. The van der Waals surface area contributed by atoms with Crippen molar-refractivity contribution in [2.45, 2.75) is 37.8 Å². The van der Waals surface area contributed by atoms with Crippen LogP contribution in [0.25, 0.3) is 0 Å². The third-order valence-corrected chi connectivity index (χ3v) is 4.36. The molecule has 1 aromatic rings. The molecule has 1 aromatic carbocycles. The monoisotopic (exact) mass is 343 g/mol. The minimum absolute atomic E-state index is 0.326. The van der Waals surface area contributed by atoms with Crippen molar-refractivity contribution in [1.29, 1.82) is 0 Å². The highest BCUT2D eigenvalue weighted by molar-refractivity contribution is 5.88. The second-order valence-corrected chi connectivity index (χ2v) is 6.38. The highest BCUT2D eigenvalue weighted by Gasteiger charge is 2.36. The summed E-state index contributed by atoms with van der Waals surface area (Å²) >= 11 is 0. The molecular formula is C19H25N3O3. The SMILES string of the molecule is COc1ccc(C[C@@](C)(NC(C(N)=O)C2=CCCC=C2)C(N)=O)cc1. The zero-order valence-electron chi connectivity index (χ0n) is 14.6. The van der Waals surface area contributed by atoms with Gasteiger partial charge in [0.1, 0.15) is 11.8 Å². The molecule has 0 aliphatic heterocycles. The molecule has 1 unspecified atom stereocenters. The summed E-state index contributed by atoms with van der Waals surface area (Å²) in [6, 6.07) is 6.58. The number of rotatable bonds is 8. The number of ether oxygens (including phenoxy) is 1. The molecule has 0 spiro atoms. The highest BCUT2D eigenvalue weighted by atomic mass is 16.5. The van der Waals surface area contributed by atoms with Gasteiger partial charge in [-0.25, -0.2) is 0 Å². The molecule has 0 saturated carbocycles. The molecule has 0 bridgehead atoms. The van der Waals surface area contributed by atoms with Gasteiger partial charge >= 0.3 is 0 Å². The molecule has 0 aromatic heterocycles. The lowest BCUT2D eigenvalue weighted by Gasteiger charge is -2.32. The molecule has 1 aliphatic carbocycles. The topological polar surface area (TPSA) is 107 Å². The number of amides is 2. The van der Waals surface area contributed by atoms with Crippen LogP contribution in [0, 0.1) is 0 Å². The van der Waals surface area contributed by atoms with Gasteiger partial charge in [-0.15, -0.1) is 0 Å². The maximum atomic E-state index is 12.1. The lowest BCUT2D eigenvalue weighted by atomic mass is 9.89. The van der Waals surface area contributed by atoms with Crippen LogP contribution in [0.2, 0.25) is 0 Å². The zero-order valence-corrected chi connectivity index (χ0v) is 14.6. The Balaban J connectivity index is 2.24. The number of carbonyl (C=O) groups is 2. The van der Waals surface area contributed by atoms with E-state index in [2.05, 4.69) is 5.32 Å². The number of benzene rings is 1. The fraction of sp³-hybridized carbons (Fsp3) is 0.368. The summed E-state index contributed by atoms with van der Waals surface area (Å²) in [4.78, 5) is 24.1. The molecule has 2 atom stereocenters. The lowest BCUT2D eigenvalue weighted by molar-refractivity contribution is -0.125. The van der Waals surface area contributed by atoms with E-state index in [1.807, 2.05) is 42.5 Å². The van der Waals surface area contributed by atoms with E-state index in [9.17, 15) is 9.59 Å². The number of nitrogens with two attached hydrogens (primary N) is 2. The van der Waals surface area contributed by atoms with Gasteiger partial charge in [-0.1, -0.05) is 30.4 Å². The molecule has 0 heterocycles. The summed E-state index contributed by atoms with van der Waals surface area (Å²) in [5.74, 6) is -0.361. The van der Waals surface area contributed by atoms with Crippen LogP contribution in [0.1, 0.15) is 25.3 Å². The second-order valence-electron chi connectivity index (χ2n) is 6.38. The van der Waals surface area contributed by atoms with E-state index in [-0.39, 0.29) is 0 Å². The van der Waals surface area contributed by atoms with Gasteiger partial charge in [0, 0.05) is 0 Å². The Morgan fingerprint density at radius 2 is 1.92 bits per heavy atom. The number of hydrogen-bond acceptors (Lipinski definition) is 4. The lowest BCUT2D eigenvalue weighted by Crippen LogP contribution is -2.61. The zero-order chi connectivity index (χ0) is 18.4. The Hall–Kier alpha value is -2.60. The summed E-state index contributed by atoms with van der Waals surface area (Å²) in [7, 11) is 1.59. The van der Waals surface area contributed by atoms with Crippen LogP contribution in [-0.4, -0.2) is 30.5 Å². The van der Waals surface area contributed by atoms with E-state index >= 15 is 0 Å². The number of nitrogens with one attached hydrogen (secondary N) is 1. The normalized spacial score (nSPS) is 17.3. The van der Waals surface area contributed by atoms with Crippen molar-refractivity contribution in [2.24, 2.45) is 11.5 Å². The molecule has 0 saturated heterocycles. The summed E-state index contributed by atoms with van der Waals surface area (Å²) in [5.41, 5.74) is 11.7. The number of carbonyl (C=O) groups excluding carboxylic acids is 2. The first-order valence-corrected chi connectivity index (χ1v) is 8.22. The average molecular weight is 343 g/mol. The summed E-state index contributed by atoms with van der Waals surface area (Å²) in [6.45, 7) is 1.68. The fourth-order valence-corrected chi connectivity index (χ4v) is 2.85. The Morgan fingerprint density at radius 1 is 1.24 bits per heavy atom. The summed E-state index contributed by atoms with van der Waals surface area (Å²) in [6.07, 6.45) is 7.89. The summed E-state index contributed by atoms with van der Waals surface area (Å²) < 4.78 is 5.14. The average Bonchev–Trinajstić information content (AvgIpc) is 2.61. The number of primary amides is 2. The van der Waals surface area contributed by atoms with Gasteiger partial charge in [-0.05, 0) is 49.5 Å². The Morgan fingerprint density at radius 3 is 2.40 bits per heavy atom. The van der Waals surface area contributed by atoms with E-state index in [0.717, 1.165) is 29.7 Å². The molecule has 6 heteroatoms. The quantitative estimate of drug-likeness (QED) is 0.659. The van der Waals surface area contributed by atoms with Gasteiger partial charge in [0.2, 0.25) is 11.8 Å². The van der Waals surface area contributed by atoms with E-state index in [0.29, 0.717) is 6.42 Å². The minimum atomic E-state index is -1.12. The van der Waals surface area contributed by atoms with Gasteiger partial charge in [-0.3, -0.25) is 14.9 Å². The van der Waals surface area contributed by atoms with Crippen molar-refractivity contribution in [3.05, 3.63) is 53.6 Å². The Kier molecular flexibility index (Phi) is 5.98. The molecule has 2 rings (SSSR count). The maximum absolute atomic E-state index is 12.1.